The first-order valence-electron chi connectivity index (χ1n) is 40.0. The fourth-order valence-electron chi connectivity index (χ4n) is 11.4. The molecular formula is C74H71BN4S. The monoisotopic (exact) mass is 1080 g/mol. The predicted molar refractivity (Wildman–Crippen MR) is 349 cm³/mol. The third-order valence-corrected chi connectivity index (χ3v) is 16.7. The molecular weight excluding hydrogens is 988 g/mol. The predicted octanol–water partition coefficient (Wildman–Crippen LogP) is 19.1. The van der Waals surface area contributed by atoms with Crippen LogP contribution in [0.15, 0.2) is 157 Å². The summed E-state index contributed by atoms with van der Waals surface area (Å²) in [4.78, 5) is 2.56. The third-order valence-electron chi connectivity index (χ3n) is 15.7. The molecule has 0 spiro atoms. The SMILES string of the molecule is [2H]c1c([2H])c2c3c(c1[2H])-n1c4c([2H])c([2H])c(C(C)(C)C)c([2H])c4c4c([2H])c(C(C)(C)C)c([2H])c(c41)N3c1c([2H])c(C(C)(C)C)c([2H])c3c1B2c1c([2H])c([2H])c(-n2c4c([2H])c([2H])c(C(C)(C)C)c([2H])c4c4c([2H])c(C(C)(C)C)c([2H])c([2H])c42)c([2H])c1N3c1c([2H])c([2H])c2c(sc3c([2H])c([2H])c([2H])c([2H])c32)c1[2H]. The number of thiophene rings is 1. The van der Waals surface area contributed by atoms with Crippen LogP contribution in [0.4, 0.5) is 34.1 Å². The number of benzene rings is 9. The fourth-order valence-corrected chi connectivity index (χ4v) is 12.4. The molecule has 0 radical (unpaired) electrons. The van der Waals surface area contributed by atoms with Crippen molar-refractivity contribution in [2.24, 2.45) is 0 Å². The highest BCUT2D eigenvalue weighted by Crippen LogP contribution is 2.55. The van der Waals surface area contributed by atoms with E-state index in [0.717, 1.165) is 9.47 Å². The van der Waals surface area contributed by atoms with Crippen LogP contribution in [0.5, 0.6) is 0 Å². The Morgan fingerprint density at radius 3 is 1.48 bits per heavy atom. The van der Waals surface area contributed by atoms with Crippen LogP contribution >= 0.6 is 11.3 Å². The average molecular weight is 1090 g/mol. The van der Waals surface area contributed by atoms with E-state index in [1.165, 1.54) is 9.47 Å². The molecule has 9 aromatic carbocycles. The summed E-state index contributed by atoms with van der Waals surface area (Å²) in [5, 5.41) is -0.750. The molecule has 3 aromatic heterocycles. The van der Waals surface area contributed by atoms with E-state index in [1.54, 1.807) is 104 Å². The summed E-state index contributed by atoms with van der Waals surface area (Å²) in [7, 11) is 0. The minimum absolute atomic E-state index is 0.00882. The smallest absolute Gasteiger partial charge is 0.252 e. The number of aromatic nitrogens is 2. The maximum absolute atomic E-state index is 11.3. The largest absolute Gasteiger partial charge is 0.311 e. The molecule has 0 saturated carbocycles. The maximum atomic E-state index is 11.3. The fraction of sp³-hybridized carbons (Fsp3) is 0.270. The molecule has 0 saturated heterocycles. The van der Waals surface area contributed by atoms with Gasteiger partial charge in [0.15, 0.2) is 0 Å². The van der Waals surface area contributed by atoms with Gasteiger partial charge in [-0.15, -0.1) is 11.3 Å². The molecule has 0 unspecified atom stereocenters. The van der Waals surface area contributed by atoms with Crippen LogP contribution in [-0.4, -0.2) is 15.8 Å². The van der Waals surface area contributed by atoms with E-state index in [9.17, 15) is 31.5 Å². The van der Waals surface area contributed by atoms with Crippen molar-refractivity contribution in [1.29, 1.82) is 0 Å². The van der Waals surface area contributed by atoms with Gasteiger partial charge in [0.25, 0.3) is 6.71 Å². The van der Waals surface area contributed by atoms with Gasteiger partial charge in [0.1, 0.15) is 0 Å². The second kappa shape index (κ2) is 16.1. The molecule has 0 bridgehead atoms. The summed E-state index contributed by atoms with van der Waals surface area (Å²) >= 11 is 0.704. The quantitative estimate of drug-likeness (QED) is 0.160. The van der Waals surface area contributed by atoms with Crippen LogP contribution in [0.1, 0.15) is 167 Å². The van der Waals surface area contributed by atoms with Crippen LogP contribution < -0.4 is 26.2 Å². The highest BCUT2D eigenvalue weighted by atomic mass is 32.1. The highest BCUT2D eigenvalue weighted by molar-refractivity contribution is 7.25. The van der Waals surface area contributed by atoms with Crippen molar-refractivity contribution in [1.82, 2.24) is 9.13 Å². The highest BCUT2D eigenvalue weighted by Gasteiger charge is 2.47. The van der Waals surface area contributed by atoms with Gasteiger partial charge in [-0.25, -0.2) is 0 Å². The van der Waals surface area contributed by atoms with Crippen LogP contribution in [0.25, 0.3) is 75.2 Å². The number of anilines is 6. The van der Waals surface area contributed by atoms with Gasteiger partial charge in [-0.3, -0.25) is 0 Å². The lowest BCUT2D eigenvalue weighted by Crippen LogP contribution is -2.62. The minimum atomic E-state index is -1.88. The Labute approximate surface area is 512 Å². The van der Waals surface area contributed by atoms with Crippen molar-refractivity contribution in [3.63, 3.8) is 0 Å². The first-order valence-corrected chi connectivity index (χ1v) is 27.8. The van der Waals surface area contributed by atoms with Crippen LogP contribution in [0.2, 0.25) is 0 Å². The van der Waals surface area contributed by atoms with Gasteiger partial charge in [-0.1, -0.05) is 164 Å². The Kier molecular flexibility index (Phi) is 5.89. The van der Waals surface area contributed by atoms with E-state index in [2.05, 4.69) is 0 Å². The summed E-state index contributed by atoms with van der Waals surface area (Å²) in [6.45, 7) is 24.3. The van der Waals surface area contributed by atoms with E-state index in [-0.39, 0.29) is 167 Å². The lowest BCUT2D eigenvalue weighted by molar-refractivity contribution is 0.590. The van der Waals surface area contributed by atoms with Gasteiger partial charge in [-0.05, 0) is 168 Å². The Morgan fingerprint density at radius 2 is 0.863 bits per heavy atom. The van der Waals surface area contributed by atoms with E-state index in [0.29, 0.717) is 11.3 Å². The van der Waals surface area contributed by atoms with Gasteiger partial charge < -0.3 is 18.9 Å². The first-order chi connectivity index (χ1) is 48.8. The first kappa shape index (κ1) is 29.3. The van der Waals surface area contributed by atoms with Gasteiger partial charge in [-0.2, -0.15) is 0 Å². The van der Waals surface area contributed by atoms with Gasteiger partial charge in [0.05, 0.1) is 74.8 Å². The molecule has 6 heteroatoms. The van der Waals surface area contributed by atoms with E-state index < -0.39 is 177 Å². The second-order valence-electron chi connectivity index (χ2n) is 26.6. The number of hydrogen-bond acceptors (Lipinski definition) is 3. The third kappa shape index (κ3) is 7.00. The molecule has 4 nitrogen and oxygen atoms in total. The van der Waals surface area contributed by atoms with Crippen LogP contribution in [-0.2, 0) is 27.1 Å². The zero-order valence-corrected chi connectivity index (χ0v) is 48.1. The molecule has 3 aliphatic heterocycles. The summed E-state index contributed by atoms with van der Waals surface area (Å²) in [5.74, 6) is 0. The Morgan fingerprint density at radius 1 is 0.350 bits per heavy atom. The molecule has 0 amide bonds. The molecule has 15 rings (SSSR count). The van der Waals surface area contributed by atoms with Gasteiger partial charge in [0, 0.05) is 70.2 Å². The van der Waals surface area contributed by atoms with Crippen LogP contribution in [0.3, 0.4) is 0 Å². The summed E-state index contributed by atoms with van der Waals surface area (Å²) in [6.07, 6.45) is 0. The number of nitrogens with zero attached hydrogens (tertiary/aromatic N) is 4. The van der Waals surface area contributed by atoms with Crippen molar-refractivity contribution in [2.45, 2.75) is 131 Å². The average Bonchev–Trinajstić information content (AvgIpc) is 1.19. The Balaban J connectivity index is 1.25. The summed E-state index contributed by atoms with van der Waals surface area (Å²) in [5.41, 5.74) is -10.3. The zero-order chi connectivity index (χ0) is 78.3. The normalized spacial score (nSPS) is 18.9. The molecule has 0 aliphatic carbocycles. The molecule has 80 heavy (non-hydrogen) atoms. The van der Waals surface area contributed by atoms with E-state index >= 15 is 0 Å². The number of rotatable bonds is 2. The van der Waals surface area contributed by atoms with E-state index in [1.807, 2.05) is 0 Å². The zero-order valence-electron chi connectivity index (χ0n) is 73.3. The second-order valence-corrected chi connectivity index (χ2v) is 27.6. The number of fused-ring (bicyclic) bond motifs is 15. The molecule has 6 heterocycles. The Hall–Kier alpha value is -7.54. The van der Waals surface area contributed by atoms with Crippen molar-refractivity contribution in [3.8, 4) is 11.4 Å². The van der Waals surface area contributed by atoms with Gasteiger partial charge in [0.2, 0.25) is 0 Å². The van der Waals surface area contributed by atoms with Crippen molar-refractivity contribution >= 4 is 132 Å². The van der Waals surface area contributed by atoms with Crippen molar-refractivity contribution in [2.75, 3.05) is 9.80 Å². The Bertz CT molecular complexity index is 6180. The molecule has 0 N–H and O–H groups in total. The topological polar surface area (TPSA) is 16.3 Å². The maximum Gasteiger partial charge on any atom is 0.252 e. The molecule has 0 fully saturated rings. The van der Waals surface area contributed by atoms with Crippen molar-refractivity contribution in [3.05, 3.63) is 185 Å². The molecule has 3 aliphatic rings. The number of hydrogen-bond donors (Lipinski definition) is 0. The lowest BCUT2D eigenvalue weighted by atomic mass is 9.33. The minimum Gasteiger partial charge on any atom is -0.311 e. The molecule has 0 atom stereocenters. The van der Waals surface area contributed by atoms with Crippen LogP contribution in [0, 0.1) is 0 Å². The van der Waals surface area contributed by atoms with Gasteiger partial charge >= 0.3 is 0 Å². The lowest BCUT2D eigenvalue weighted by Gasteiger charge is -2.47. The summed E-state index contributed by atoms with van der Waals surface area (Å²) < 4.78 is 266. The number of para-hydroxylation sites is 1. The summed E-state index contributed by atoms with van der Waals surface area (Å²) in [6, 6.07) is -14.9. The molecule has 396 valence electrons. The van der Waals surface area contributed by atoms with E-state index in [4.69, 9.17) is 4.11 Å². The standard InChI is InChI=1S/C74H71BN4S/c1-70(2,3)42-23-30-57-51(33-42)52-34-43(71(4,5)6)24-31-58(52)76(57)47-27-29-55-61(40-47)77(48-26-28-50-49-19-16-17-22-65(49)80-66(50)41-48)62-37-46(74(13,14)15)38-63-67(62)75(55)56-20-18-21-60-69(56)79(63)64-39-45(73(10,11)12)36-54-53-35-44(72(7,8)9)25-32-59(53)78(60)68(54)64/h16-41H,1-15H3/i16D,17D,18D,19D,20D,21D,22D,23D,24D,25D,26D,27D,28D,29D,30D,31D,32D,33D,34D,35D,36D,37D,38D,39D,40D,41D. The molecule has 12 aromatic rings. The van der Waals surface area contributed by atoms with Crippen molar-refractivity contribution < 1.29 is 35.6 Å².